The third-order valence-corrected chi connectivity index (χ3v) is 4.06. The van der Waals surface area contributed by atoms with Gasteiger partial charge >= 0.3 is 5.97 Å². The summed E-state index contributed by atoms with van der Waals surface area (Å²) in [6.07, 6.45) is 1.69. The van der Waals surface area contributed by atoms with Gasteiger partial charge in [-0.1, -0.05) is 0 Å². The number of aromatic carboxylic acids is 1. The van der Waals surface area contributed by atoms with Gasteiger partial charge in [0, 0.05) is 0 Å². The van der Waals surface area contributed by atoms with Crippen molar-refractivity contribution >= 4 is 17.6 Å². The predicted molar refractivity (Wildman–Crippen MR) is 66.0 cm³/mol. The molecule has 0 bridgehead atoms. The summed E-state index contributed by atoms with van der Waals surface area (Å²) in [7, 11) is 0. The standard InChI is InChI=1S/C13H14N2O4/c16-7-3-5-13(6-4-7)10-8(15-12(13)19)1-2-9(14-10)11(17)18/h1-2,7,16H,3-6H2,(H,15,19)(H,17,18). The molecule has 1 aliphatic heterocycles. The Labute approximate surface area is 109 Å². The summed E-state index contributed by atoms with van der Waals surface area (Å²) in [5.41, 5.74) is 0.288. The molecule has 2 heterocycles. The Balaban J connectivity index is 2.07. The van der Waals surface area contributed by atoms with Crippen molar-refractivity contribution in [3.05, 3.63) is 23.5 Å². The van der Waals surface area contributed by atoms with E-state index in [0.717, 1.165) is 0 Å². The van der Waals surface area contributed by atoms with Crippen molar-refractivity contribution in [2.75, 3.05) is 5.32 Å². The second-order valence-electron chi connectivity index (χ2n) is 5.17. The van der Waals surface area contributed by atoms with Crippen molar-refractivity contribution in [1.29, 1.82) is 0 Å². The molecule has 3 rings (SSSR count). The van der Waals surface area contributed by atoms with E-state index in [-0.39, 0.29) is 17.7 Å². The summed E-state index contributed by atoms with van der Waals surface area (Å²) in [5.74, 6) is -1.24. The third-order valence-electron chi connectivity index (χ3n) is 4.06. The number of rotatable bonds is 1. The Bertz CT molecular complexity index is 562. The second kappa shape index (κ2) is 4.03. The third kappa shape index (κ3) is 1.71. The molecule has 1 spiro atoms. The molecule has 1 amide bonds. The van der Waals surface area contributed by atoms with Crippen LogP contribution in [-0.2, 0) is 10.2 Å². The van der Waals surface area contributed by atoms with Crippen LogP contribution in [0.25, 0.3) is 0 Å². The molecule has 3 N–H and O–H groups in total. The van der Waals surface area contributed by atoms with Gasteiger partial charge in [0.05, 0.1) is 22.9 Å². The quantitative estimate of drug-likeness (QED) is 0.698. The molecule has 2 aliphatic rings. The Hall–Kier alpha value is -1.95. The van der Waals surface area contributed by atoms with E-state index in [1.807, 2.05) is 0 Å². The Morgan fingerprint density at radius 1 is 1.37 bits per heavy atom. The number of aliphatic hydroxyl groups excluding tert-OH is 1. The summed E-state index contributed by atoms with van der Waals surface area (Å²) in [5, 5.41) is 21.3. The van der Waals surface area contributed by atoms with Crippen LogP contribution in [0.3, 0.4) is 0 Å². The number of carboxylic acids is 1. The number of anilines is 1. The Morgan fingerprint density at radius 3 is 2.68 bits per heavy atom. The van der Waals surface area contributed by atoms with E-state index < -0.39 is 11.4 Å². The van der Waals surface area contributed by atoms with Crippen molar-refractivity contribution in [2.24, 2.45) is 0 Å². The monoisotopic (exact) mass is 262 g/mol. The molecule has 6 nitrogen and oxygen atoms in total. The van der Waals surface area contributed by atoms with Crippen LogP contribution >= 0.6 is 0 Å². The minimum absolute atomic E-state index is 0.0549. The van der Waals surface area contributed by atoms with E-state index in [0.29, 0.717) is 37.1 Å². The first-order chi connectivity index (χ1) is 9.03. The van der Waals surface area contributed by atoms with Crippen LogP contribution < -0.4 is 5.32 Å². The number of carboxylic acid groups (broad SMARTS) is 1. The van der Waals surface area contributed by atoms with E-state index in [1.165, 1.54) is 6.07 Å². The number of aliphatic hydroxyl groups is 1. The molecule has 0 atom stereocenters. The van der Waals surface area contributed by atoms with Gasteiger partial charge in [0.1, 0.15) is 5.69 Å². The minimum atomic E-state index is -1.10. The fourth-order valence-corrected chi connectivity index (χ4v) is 2.95. The van der Waals surface area contributed by atoms with Crippen molar-refractivity contribution in [3.8, 4) is 0 Å². The van der Waals surface area contributed by atoms with Gasteiger partial charge in [-0.3, -0.25) is 4.79 Å². The number of hydrogen-bond donors (Lipinski definition) is 3. The first-order valence-electron chi connectivity index (χ1n) is 6.27. The molecule has 100 valence electrons. The number of carbonyl (C=O) groups is 2. The lowest BCUT2D eigenvalue weighted by atomic mass is 9.71. The Morgan fingerprint density at radius 2 is 2.05 bits per heavy atom. The molecular weight excluding hydrogens is 248 g/mol. The normalized spacial score (nSPS) is 29.1. The van der Waals surface area contributed by atoms with E-state index in [4.69, 9.17) is 5.11 Å². The average molecular weight is 262 g/mol. The number of nitrogens with one attached hydrogen (secondary N) is 1. The molecule has 1 aliphatic carbocycles. The number of nitrogens with zero attached hydrogens (tertiary/aromatic N) is 1. The summed E-state index contributed by atoms with van der Waals surface area (Å²) in [4.78, 5) is 27.4. The fourth-order valence-electron chi connectivity index (χ4n) is 2.95. The van der Waals surface area contributed by atoms with Crippen molar-refractivity contribution < 1.29 is 19.8 Å². The lowest BCUT2D eigenvalue weighted by Crippen LogP contribution is -2.40. The van der Waals surface area contributed by atoms with Gasteiger partial charge in [-0.15, -0.1) is 0 Å². The maximum atomic E-state index is 12.2. The zero-order valence-corrected chi connectivity index (χ0v) is 10.2. The van der Waals surface area contributed by atoms with Gasteiger partial charge in [-0.2, -0.15) is 0 Å². The number of amides is 1. The minimum Gasteiger partial charge on any atom is -0.477 e. The molecule has 1 aromatic heterocycles. The predicted octanol–water partition coefficient (Wildman–Crippen LogP) is 0.905. The average Bonchev–Trinajstić information content (AvgIpc) is 2.65. The fraction of sp³-hybridized carbons (Fsp3) is 0.462. The summed E-state index contributed by atoms with van der Waals surface area (Å²) >= 11 is 0. The van der Waals surface area contributed by atoms with Gasteiger partial charge in [-0.25, -0.2) is 9.78 Å². The number of fused-ring (bicyclic) bond motifs is 2. The van der Waals surface area contributed by atoms with Crippen molar-refractivity contribution in [2.45, 2.75) is 37.2 Å². The maximum absolute atomic E-state index is 12.2. The van der Waals surface area contributed by atoms with Crippen molar-refractivity contribution in [1.82, 2.24) is 4.98 Å². The largest absolute Gasteiger partial charge is 0.477 e. The zero-order valence-electron chi connectivity index (χ0n) is 10.2. The number of aromatic nitrogens is 1. The molecule has 6 heteroatoms. The van der Waals surface area contributed by atoms with Crippen LogP contribution in [-0.4, -0.2) is 33.2 Å². The molecule has 1 aromatic rings. The summed E-state index contributed by atoms with van der Waals surface area (Å²) < 4.78 is 0. The smallest absolute Gasteiger partial charge is 0.354 e. The summed E-state index contributed by atoms with van der Waals surface area (Å²) in [6, 6.07) is 2.97. The maximum Gasteiger partial charge on any atom is 0.354 e. The molecule has 0 unspecified atom stereocenters. The number of pyridine rings is 1. The Kier molecular flexibility index (Phi) is 2.56. The molecule has 0 aromatic carbocycles. The highest BCUT2D eigenvalue weighted by Crippen LogP contribution is 2.46. The van der Waals surface area contributed by atoms with Crippen LogP contribution in [0, 0.1) is 0 Å². The molecule has 0 saturated heterocycles. The van der Waals surface area contributed by atoms with Crippen molar-refractivity contribution in [3.63, 3.8) is 0 Å². The van der Waals surface area contributed by atoms with Gasteiger partial charge < -0.3 is 15.5 Å². The SMILES string of the molecule is O=C(O)c1ccc2c(n1)C1(CCC(O)CC1)C(=O)N2. The van der Waals surface area contributed by atoms with Crippen LogP contribution in [0.4, 0.5) is 5.69 Å². The number of hydrogen-bond acceptors (Lipinski definition) is 4. The first-order valence-corrected chi connectivity index (χ1v) is 6.27. The van der Waals surface area contributed by atoms with Gasteiger partial charge in [0.2, 0.25) is 5.91 Å². The van der Waals surface area contributed by atoms with E-state index in [1.54, 1.807) is 6.07 Å². The molecular formula is C13H14N2O4. The zero-order chi connectivity index (χ0) is 13.6. The van der Waals surface area contributed by atoms with Gasteiger partial charge in [0.25, 0.3) is 0 Å². The van der Waals surface area contributed by atoms with Crippen LogP contribution in [0.5, 0.6) is 0 Å². The van der Waals surface area contributed by atoms with E-state index >= 15 is 0 Å². The lowest BCUT2D eigenvalue weighted by Gasteiger charge is -2.32. The molecule has 1 fully saturated rings. The molecule has 0 radical (unpaired) electrons. The first kappa shape index (κ1) is 12.1. The van der Waals surface area contributed by atoms with Crippen LogP contribution in [0.1, 0.15) is 41.9 Å². The number of carbonyl (C=O) groups excluding carboxylic acids is 1. The highest BCUT2D eigenvalue weighted by Gasteiger charge is 2.50. The van der Waals surface area contributed by atoms with E-state index in [2.05, 4.69) is 10.3 Å². The molecule has 1 saturated carbocycles. The van der Waals surface area contributed by atoms with E-state index in [9.17, 15) is 14.7 Å². The van der Waals surface area contributed by atoms with Gasteiger partial charge in [0.15, 0.2) is 0 Å². The van der Waals surface area contributed by atoms with Crippen LogP contribution in [0.15, 0.2) is 12.1 Å². The molecule has 19 heavy (non-hydrogen) atoms. The summed E-state index contributed by atoms with van der Waals surface area (Å²) in [6.45, 7) is 0. The van der Waals surface area contributed by atoms with Gasteiger partial charge in [-0.05, 0) is 37.8 Å². The lowest BCUT2D eigenvalue weighted by molar-refractivity contribution is -0.122. The topological polar surface area (TPSA) is 99.5 Å². The highest BCUT2D eigenvalue weighted by molar-refractivity contribution is 6.06. The highest BCUT2D eigenvalue weighted by atomic mass is 16.4. The van der Waals surface area contributed by atoms with Crippen LogP contribution in [0.2, 0.25) is 0 Å². The second-order valence-corrected chi connectivity index (χ2v) is 5.17.